The third-order valence-corrected chi connectivity index (χ3v) is 8.01. The molecule has 33 heavy (non-hydrogen) atoms. The van der Waals surface area contributed by atoms with Gasteiger partial charge in [-0.15, -0.1) is 0 Å². The highest BCUT2D eigenvalue weighted by molar-refractivity contribution is 7.89. The number of pyridine rings is 2. The summed E-state index contributed by atoms with van der Waals surface area (Å²) in [5.74, 6) is -0.668. The van der Waals surface area contributed by atoms with Crippen molar-refractivity contribution in [3.8, 4) is 0 Å². The van der Waals surface area contributed by atoms with Gasteiger partial charge in [0.1, 0.15) is 11.2 Å². The standard InChI is InChI=1S/C23H25ClN4O4S/c1-3-27-14-18(21(29)17-9-7-15(2)25-22(17)27)23(30)26-20-13-16(8-10-19(20)24)33(31,32)28-11-5-4-6-12-28/h7-10,13-14H,3-6,11-12H2,1-2H3,(H,26,30). The van der Waals surface area contributed by atoms with Gasteiger partial charge in [-0.2, -0.15) is 4.31 Å². The second-order valence-corrected chi connectivity index (χ2v) is 10.4. The average molecular weight is 489 g/mol. The third-order valence-electron chi connectivity index (χ3n) is 5.78. The molecular weight excluding hydrogens is 464 g/mol. The molecule has 0 atom stereocenters. The normalized spacial score (nSPS) is 15.0. The van der Waals surface area contributed by atoms with Gasteiger partial charge in [-0.1, -0.05) is 18.0 Å². The van der Waals surface area contributed by atoms with Gasteiger partial charge in [-0.25, -0.2) is 13.4 Å². The molecule has 1 aliphatic rings. The molecule has 0 bridgehead atoms. The lowest BCUT2D eigenvalue weighted by Gasteiger charge is -2.26. The SMILES string of the molecule is CCn1cc(C(=O)Nc2cc(S(=O)(=O)N3CCCCC3)ccc2Cl)c(=O)c2ccc(C)nc21. The number of benzene rings is 1. The number of carbonyl (C=O) groups is 1. The lowest BCUT2D eigenvalue weighted by Crippen LogP contribution is -2.35. The Bertz CT molecular complexity index is 1400. The van der Waals surface area contributed by atoms with E-state index in [2.05, 4.69) is 10.3 Å². The molecule has 4 rings (SSSR count). The zero-order chi connectivity index (χ0) is 23.8. The second-order valence-electron chi connectivity index (χ2n) is 8.04. The number of hydrogen-bond acceptors (Lipinski definition) is 5. The van der Waals surface area contributed by atoms with Crippen LogP contribution in [-0.4, -0.2) is 41.3 Å². The first-order valence-electron chi connectivity index (χ1n) is 10.8. The van der Waals surface area contributed by atoms with Crippen molar-refractivity contribution in [1.29, 1.82) is 0 Å². The number of piperidine rings is 1. The Balaban J connectivity index is 1.70. The molecule has 10 heteroatoms. The van der Waals surface area contributed by atoms with Gasteiger partial charge in [0.25, 0.3) is 5.91 Å². The van der Waals surface area contributed by atoms with Crippen molar-refractivity contribution in [1.82, 2.24) is 13.9 Å². The molecule has 0 unspecified atom stereocenters. The van der Waals surface area contributed by atoms with Crippen LogP contribution < -0.4 is 10.7 Å². The van der Waals surface area contributed by atoms with Crippen LogP contribution in [0.2, 0.25) is 5.02 Å². The van der Waals surface area contributed by atoms with Crippen LogP contribution in [0.25, 0.3) is 11.0 Å². The van der Waals surface area contributed by atoms with E-state index >= 15 is 0 Å². The van der Waals surface area contributed by atoms with Crippen LogP contribution in [0.4, 0.5) is 5.69 Å². The van der Waals surface area contributed by atoms with Crippen LogP contribution in [-0.2, 0) is 16.6 Å². The molecule has 1 fully saturated rings. The zero-order valence-electron chi connectivity index (χ0n) is 18.5. The van der Waals surface area contributed by atoms with E-state index in [0.29, 0.717) is 30.7 Å². The van der Waals surface area contributed by atoms with Gasteiger partial charge in [-0.05, 0) is 57.0 Å². The van der Waals surface area contributed by atoms with Crippen molar-refractivity contribution < 1.29 is 13.2 Å². The highest BCUT2D eigenvalue weighted by Crippen LogP contribution is 2.28. The number of halogens is 1. The van der Waals surface area contributed by atoms with E-state index in [1.807, 2.05) is 13.8 Å². The highest BCUT2D eigenvalue weighted by Gasteiger charge is 2.27. The minimum absolute atomic E-state index is 0.0493. The number of aryl methyl sites for hydroxylation is 2. The lowest BCUT2D eigenvalue weighted by molar-refractivity contribution is 0.102. The Morgan fingerprint density at radius 3 is 2.58 bits per heavy atom. The molecule has 0 radical (unpaired) electrons. The van der Waals surface area contributed by atoms with Crippen molar-refractivity contribution in [2.24, 2.45) is 0 Å². The summed E-state index contributed by atoms with van der Waals surface area (Å²) in [6.45, 7) is 5.17. The van der Waals surface area contributed by atoms with Crippen LogP contribution in [0.1, 0.15) is 42.2 Å². The summed E-state index contributed by atoms with van der Waals surface area (Å²) in [5, 5.41) is 3.13. The molecule has 0 aliphatic carbocycles. The van der Waals surface area contributed by atoms with E-state index in [-0.39, 0.29) is 21.2 Å². The molecule has 0 saturated carbocycles. The van der Waals surface area contributed by atoms with E-state index in [9.17, 15) is 18.0 Å². The lowest BCUT2D eigenvalue weighted by atomic mass is 10.1. The van der Waals surface area contributed by atoms with E-state index in [1.165, 1.54) is 28.7 Å². The number of sulfonamides is 1. The summed E-state index contributed by atoms with van der Waals surface area (Å²) in [6, 6.07) is 7.58. The van der Waals surface area contributed by atoms with Crippen molar-refractivity contribution in [3.63, 3.8) is 0 Å². The average Bonchev–Trinajstić information content (AvgIpc) is 2.81. The van der Waals surface area contributed by atoms with Crippen molar-refractivity contribution in [2.45, 2.75) is 44.6 Å². The molecule has 2 aromatic heterocycles. The first-order valence-corrected chi connectivity index (χ1v) is 12.7. The van der Waals surface area contributed by atoms with Crippen LogP contribution in [0.3, 0.4) is 0 Å². The quantitative estimate of drug-likeness (QED) is 0.588. The number of rotatable bonds is 5. The fourth-order valence-corrected chi connectivity index (χ4v) is 5.68. The van der Waals surface area contributed by atoms with Crippen molar-refractivity contribution in [2.75, 3.05) is 18.4 Å². The maximum Gasteiger partial charge on any atom is 0.261 e. The minimum Gasteiger partial charge on any atom is -0.332 e. The number of carbonyl (C=O) groups excluding carboxylic acids is 1. The molecule has 0 spiro atoms. The first-order chi connectivity index (χ1) is 15.7. The molecule has 1 saturated heterocycles. The number of hydrogen-bond donors (Lipinski definition) is 1. The fraction of sp³-hybridized carbons (Fsp3) is 0.348. The van der Waals surface area contributed by atoms with E-state index in [4.69, 9.17) is 11.6 Å². The summed E-state index contributed by atoms with van der Waals surface area (Å²) in [5.41, 5.74) is 0.874. The zero-order valence-corrected chi connectivity index (χ0v) is 20.0. The van der Waals surface area contributed by atoms with Gasteiger partial charge >= 0.3 is 0 Å². The monoisotopic (exact) mass is 488 g/mol. The molecule has 1 aliphatic heterocycles. The van der Waals surface area contributed by atoms with Gasteiger partial charge in [0, 0.05) is 31.5 Å². The summed E-state index contributed by atoms with van der Waals surface area (Å²) >= 11 is 6.26. The molecule has 8 nitrogen and oxygen atoms in total. The van der Waals surface area contributed by atoms with Crippen LogP contribution >= 0.6 is 11.6 Å². The topological polar surface area (TPSA) is 101 Å². The summed E-state index contributed by atoms with van der Waals surface area (Å²) in [4.78, 5) is 30.5. The smallest absolute Gasteiger partial charge is 0.261 e. The van der Waals surface area contributed by atoms with Crippen LogP contribution in [0.15, 0.2) is 46.2 Å². The second kappa shape index (κ2) is 9.24. The predicted octanol–water partition coefficient (Wildman–Crippen LogP) is 3.81. The Morgan fingerprint density at radius 1 is 1.15 bits per heavy atom. The van der Waals surface area contributed by atoms with Gasteiger partial charge in [0.05, 0.1) is 21.0 Å². The Kier molecular flexibility index (Phi) is 6.56. The number of fused-ring (bicyclic) bond motifs is 1. The molecule has 3 heterocycles. The Hall–Kier alpha value is -2.75. The van der Waals surface area contributed by atoms with Crippen LogP contribution in [0, 0.1) is 6.92 Å². The van der Waals surface area contributed by atoms with Gasteiger partial charge < -0.3 is 9.88 Å². The van der Waals surface area contributed by atoms with E-state index in [0.717, 1.165) is 25.0 Å². The van der Waals surface area contributed by atoms with E-state index < -0.39 is 21.4 Å². The predicted molar refractivity (Wildman–Crippen MR) is 128 cm³/mol. The molecule has 174 valence electrons. The molecule has 1 aromatic carbocycles. The Labute approximate surface area is 197 Å². The minimum atomic E-state index is -3.70. The largest absolute Gasteiger partial charge is 0.332 e. The number of nitrogens with zero attached hydrogens (tertiary/aromatic N) is 3. The molecule has 1 amide bonds. The van der Waals surface area contributed by atoms with Crippen molar-refractivity contribution >= 4 is 44.3 Å². The van der Waals surface area contributed by atoms with Gasteiger partial charge in [0.2, 0.25) is 15.5 Å². The van der Waals surface area contributed by atoms with Crippen LogP contribution in [0.5, 0.6) is 0 Å². The van der Waals surface area contributed by atoms with Crippen molar-refractivity contribution in [3.05, 3.63) is 63.0 Å². The van der Waals surface area contributed by atoms with E-state index in [1.54, 1.807) is 16.7 Å². The number of anilines is 1. The first kappa shape index (κ1) is 23.4. The number of amides is 1. The van der Waals surface area contributed by atoms with Gasteiger partial charge in [-0.3, -0.25) is 9.59 Å². The number of aromatic nitrogens is 2. The fourth-order valence-electron chi connectivity index (χ4n) is 3.97. The van der Waals surface area contributed by atoms with Gasteiger partial charge in [0.15, 0.2) is 0 Å². The maximum atomic E-state index is 13.1. The highest BCUT2D eigenvalue weighted by atomic mass is 35.5. The summed E-state index contributed by atoms with van der Waals surface area (Å²) in [6.07, 6.45) is 4.10. The molecule has 1 N–H and O–H groups in total. The molecular formula is C23H25ClN4O4S. The third kappa shape index (κ3) is 4.53. The maximum absolute atomic E-state index is 13.1. The molecule has 3 aromatic rings. The number of nitrogens with one attached hydrogen (secondary N) is 1. The Morgan fingerprint density at radius 2 is 1.88 bits per heavy atom. The summed E-state index contributed by atoms with van der Waals surface area (Å²) in [7, 11) is -3.70. The summed E-state index contributed by atoms with van der Waals surface area (Å²) < 4.78 is 29.2.